The maximum atomic E-state index is 15.6. The normalized spacial score (nSPS) is 13.9. The van der Waals surface area contributed by atoms with Crippen molar-refractivity contribution in [2.75, 3.05) is 45.3 Å². The molecule has 5 rings (SSSR count). The van der Waals surface area contributed by atoms with Gasteiger partial charge in [-0.05, 0) is 41.3 Å². The first-order valence-electron chi connectivity index (χ1n) is 12.4. The molecule has 1 aliphatic rings. The number of hydrogen-bond donors (Lipinski definition) is 1. The molecule has 4 aromatic rings. The number of pyridine rings is 1. The number of rotatable bonds is 6. The summed E-state index contributed by atoms with van der Waals surface area (Å²) in [6.07, 6.45) is 0. The topological polar surface area (TPSA) is 70.7 Å². The number of methoxy groups -OCH3 is 2. The molecule has 0 unspecified atom stereocenters. The van der Waals surface area contributed by atoms with E-state index in [-0.39, 0.29) is 17.6 Å². The molecule has 1 N–H and O–H groups in total. The molecule has 1 amide bonds. The molecule has 0 bridgehead atoms. The van der Waals surface area contributed by atoms with Crippen LogP contribution in [0.5, 0.6) is 11.6 Å². The number of para-hydroxylation sites is 1. The fraction of sp³-hybridized carbons (Fsp3) is 0.310. The van der Waals surface area contributed by atoms with Crippen molar-refractivity contribution in [3.8, 4) is 22.8 Å². The molecular weight excluding hydrogens is 471 g/mol. The summed E-state index contributed by atoms with van der Waals surface area (Å²) in [6, 6.07) is 17.0. The van der Waals surface area contributed by atoms with Gasteiger partial charge in [0.05, 0.1) is 19.7 Å². The van der Waals surface area contributed by atoms with Crippen molar-refractivity contribution in [1.29, 1.82) is 0 Å². The van der Waals surface area contributed by atoms with E-state index in [1.165, 1.54) is 0 Å². The summed E-state index contributed by atoms with van der Waals surface area (Å²) in [4.78, 5) is 25.0. The Balaban J connectivity index is 1.46. The Bertz CT molecular complexity index is 1440. The Hall–Kier alpha value is -4.07. The smallest absolute Gasteiger partial charge is 0.270 e. The van der Waals surface area contributed by atoms with Gasteiger partial charge in [0, 0.05) is 43.2 Å². The molecule has 1 fully saturated rings. The Labute approximate surface area is 215 Å². The number of fused-ring (bicyclic) bond motifs is 1. The van der Waals surface area contributed by atoms with Crippen LogP contribution in [0.2, 0.25) is 0 Å². The van der Waals surface area contributed by atoms with Gasteiger partial charge in [-0.3, -0.25) is 4.79 Å². The van der Waals surface area contributed by atoms with Crippen LogP contribution in [0.4, 0.5) is 10.2 Å². The lowest BCUT2D eigenvalue weighted by molar-refractivity contribution is 0.0741. The fourth-order valence-electron chi connectivity index (χ4n) is 4.91. The number of H-pyrrole nitrogens is 1. The van der Waals surface area contributed by atoms with Gasteiger partial charge in [0.25, 0.3) is 5.91 Å². The standard InChI is InChI=1S/C29H31FN4O3/c1-18(2)20-16-21(19-8-5-6-9-24(19)36-3)22-17-23(31-28(22)27(20)30)29(35)34-14-12-33(13-15-34)25-10-7-11-26(32-25)37-4/h5-11,16-18,31H,12-15H2,1-4H3. The number of nitrogens with zero attached hydrogens (tertiary/aromatic N) is 3. The number of ether oxygens (including phenoxy) is 2. The van der Waals surface area contributed by atoms with E-state index in [0.717, 1.165) is 16.9 Å². The molecule has 8 heteroatoms. The molecular formula is C29H31FN4O3. The van der Waals surface area contributed by atoms with E-state index in [1.54, 1.807) is 25.2 Å². The number of aromatic amines is 1. The lowest BCUT2D eigenvalue weighted by Gasteiger charge is -2.35. The summed E-state index contributed by atoms with van der Waals surface area (Å²) in [5.74, 6) is 1.58. The van der Waals surface area contributed by atoms with Gasteiger partial charge in [-0.1, -0.05) is 38.1 Å². The molecule has 3 heterocycles. The average molecular weight is 503 g/mol. The van der Waals surface area contributed by atoms with Crippen LogP contribution in [0.15, 0.2) is 54.6 Å². The summed E-state index contributed by atoms with van der Waals surface area (Å²) in [5.41, 5.74) is 3.00. The summed E-state index contributed by atoms with van der Waals surface area (Å²) < 4.78 is 26.4. The lowest BCUT2D eigenvalue weighted by atomic mass is 9.93. The highest BCUT2D eigenvalue weighted by Gasteiger charge is 2.26. The second kappa shape index (κ2) is 10.1. The largest absolute Gasteiger partial charge is 0.496 e. The number of hydrogen-bond acceptors (Lipinski definition) is 5. The van der Waals surface area contributed by atoms with E-state index >= 15 is 4.39 Å². The molecule has 0 radical (unpaired) electrons. The molecule has 0 atom stereocenters. The van der Waals surface area contributed by atoms with Crippen LogP contribution in [0.25, 0.3) is 22.0 Å². The number of halogens is 1. The van der Waals surface area contributed by atoms with Gasteiger partial charge in [0.1, 0.15) is 17.3 Å². The average Bonchev–Trinajstić information content (AvgIpc) is 3.39. The van der Waals surface area contributed by atoms with Gasteiger partial charge in [-0.15, -0.1) is 0 Å². The van der Waals surface area contributed by atoms with Crippen LogP contribution < -0.4 is 14.4 Å². The molecule has 0 spiro atoms. The number of carbonyl (C=O) groups is 1. The van der Waals surface area contributed by atoms with Gasteiger partial charge in [0.15, 0.2) is 5.82 Å². The van der Waals surface area contributed by atoms with Crippen molar-refractivity contribution >= 4 is 22.6 Å². The second-order valence-electron chi connectivity index (χ2n) is 9.47. The zero-order valence-electron chi connectivity index (χ0n) is 21.5. The highest BCUT2D eigenvalue weighted by molar-refractivity contribution is 6.04. The number of piperazine rings is 1. The first kappa shape index (κ1) is 24.6. The summed E-state index contributed by atoms with van der Waals surface area (Å²) >= 11 is 0. The van der Waals surface area contributed by atoms with Gasteiger partial charge in [-0.25, -0.2) is 4.39 Å². The predicted octanol–water partition coefficient (Wildman–Crippen LogP) is 5.47. The van der Waals surface area contributed by atoms with E-state index in [0.29, 0.717) is 60.0 Å². The summed E-state index contributed by atoms with van der Waals surface area (Å²) in [5, 5.41) is 0.661. The maximum Gasteiger partial charge on any atom is 0.270 e. The lowest BCUT2D eigenvalue weighted by Crippen LogP contribution is -2.49. The first-order valence-corrected chi connectivity index (χ1v) is 12.4. The van der Waals surface area contributed by atoms with Crippen LogP contribution in [0, 0.1) is 5.82 Å². The minimum absolute atomic E-state index is 0.0291. The molecule has 37 heavy (non-hydrogen) atoms. The number of carbonyl (C=O) groups excluding carboxylic acids is 1. The zero-order valence-corrected chi connectivity index (χ0v) is 21.5. The van der Waals surface area contributed by atoms with Gasteiger partial charge in [0.2, 0.25) is 5.88 Å². The van der Waals surface area contributed by atoms with Crippen molar-refractivity contribution in [2.45, 2.75) is 19.8 Å². The highest BCUT2D eigenvalue weighted by atomic mass is 19.1. The molecule has 1 saturated heterocycles. The molecule has 0 aliphatic carbocycles. The maximum absolute atomic E-state index is 15.6. The van der Waals surface area contributed by atoms with E-state index in [1.807, 2.05) is 62.4 Å². The molecule has 2 aromatic carbocycles. The van der Waals surface area contributed by atoms with Crippen molar-refractivity contribution in [1.82, 2.24) is 14.9 Å². The first-order chi connectivity index (χ1) is 17.9. The highest BCUT2D eigenvalue weighted by Crippen LogP contribution is 2.39. The van der Waals surface area contributed by atoms with Crippen molar-refractivity contribution in [3.63, 3.8) is 0 Å². The monoisotopic (exact) mass is 502 g/mol. The number of aromatic nitrogens is 2. The SMILES string of the molecule is COc1cccc(N2CCN(C(=O)c3cc4c(-c5ccccc5OC)cc(C(C)C)c(F)c4[nH]3)CC2)n1. The van der Waals surface area contributed by atoms with E-state index in [9.17, 15) is 4.79 Å². The number of anilines is 1. The fourth-order valence-corrected chi connectivity index (χ4v) is 4.91. The third-order valence-electron chi connectivity index (χ3n) is 6.94. The Morgan fingerprint density at radius 1 is 0.973 bits per heavy atom. The van der Waals surface area contributed by atoms with Crippen LogP contribution >= 0.6 is 0 Å². The third-order valence-corrected chi connectivity index (χ3v) is 6.94. The zero-order chi connectivity index (χ0) is 26.1. The van der Waals surface area contributed by atoms with Crippen LogP contribution in [-0.4, -0.2) is 61.2 Å². The van der Waals surface area contributed by atoms with Gasteiger partial charge < -0.3 is 24.3 Å². The number of benzene rings is 2. The number of amides is 1. The van der Waals surface area contributed by atoms with E-state index in [2.05, 4.69) is 14.9 Å². The van der Waals surface area contributed by atoms with Crippen LogP contribution in [0.3, 0.4) is 0 Å². The molecule has 7 nitrogen and oxygen atoms in total. The molecule has 0 saturated carbocycles. The molecule has 1 aliphatic heterocycles. The minimum Gasteiger partial charge on any atom is -0.496 e. The Morgan fingerprint density at radius 2 is 1.73 bits per heavy atom. The second-order valence-corrected chi connectivity index (χ2v) is 9.47. The summed E-state index contributed by atoms with van der Waals surface area (Å²) in [6.45, 7) is 6.27. The minimum atomic E-state index is -0.323. The number of nitrogens with one attached hydrogen (secondary N) is 1. The van der Waals surface area contributed by atoms with Crippen molar-refractivity contribution in [2.24, 2.45) is 0 Å². The van der Waals surface area contributed by atoms with Crippen molar-refractivity contribution in [3.05, 3.63) is 71.7 Å². The Kier molecular flexibility index (Phi) is 6.74. The third kappa shape index (κ3) is 4.59. The van der Waals surface area contributed by atoms with E-state index in [4.69, 9.17) is 9.47 Å². The quantitative estimate of drug-likeness (QED) is 0.379. The Morgan fingerprint density at radius 3 is 2.43 bits per heavy atom. The molecule has 192 valence electrons. The van der Waals surface area contributed by atoms with Crippen molar-refractivity contribution < 1.29 is 18.7 Å². The summed E-state index contributed by atoms with van der Waals surface area (Å²) in [7, 11) is 3.21. The van der Waals surface area contributed by atoms with Crippen LogP contribution in [0.1, 0.15) is 35.8 Å². The van der Waals surface area contributed by atoms with Gasteiger partial charge >= 0.3 is 0 Å². The van der Waals surface area contributed by atoms with Gasteiger partial charge in [-0.2, -0.15) is 4.98 Å². The van der Waals surface area contributed by atoms with Crippen LogP contribution in [-0.2, 0) is 0 Å². The predicted molar refractivity (Wildman–Crippen MR) is 143 cm³/mol. The van der Waals surface area contributed by atoms with E-state index < -0.39 is 0 Å². The molecule has 2 aromatic heterocycles.